The minimum absolute atomic E-state index is 0.280. The minimum atomic E-state index is -0.421. The molecule has 0 spiro atoms. The summed E-state index contributed by atoms with van der Waals surface area (Å²) in [6.07, 6.45) is 3.15. The van der Waals surface area contributed by atoms with Gasteiger partial charge in [-0.1, -0.05) is 0 Å². The van der Waals surface area contributed by atoms with Crippen LogP contribution in [0.4, 0.5) is 14.9 Å². The lowest BCUT2D eigenvalue weighted by atomic mass is 10.3. The van der Waals surface area contributed by atoms with Crippen LogP contribution in [0.15, 0.2) is 41.2 Å². The molecule has 0 atom stereocenters. The van der Waals surface area contributed by atoms with Gasteiger partial charge in [0.1, 0.15) is 11.6 Å². The Morgan fingerprint density at radius 2 is 2.24 bits per heavy atom. The van der Waals surface area contributed by atoms with E-state index >= 15 is 0 Å². The van der Waals surface area contributed by atoms with Crippen LogP contribution in [-0.4, -0.2) is 24.6 Å². The number of nitrogens with zero attached hydrogens (tertiary/aromatic N) is 1. The molecule has 112 valence electrons. The van der Waals surface area contributed by atoms with E-state index in [1.807, 2.05) is 6.92 Å². The summed E-state index contributed by atoms with van der Waals surface area (Å²) in [6, 6.07) is 5.47. The molecular weight excluding hydrogens is 275 g/mol. The van der Waals surface area contributed by atoms with Gasteiger partial charge in [0, 0.05) is 18.2 Å². The number of rotatable bonds is 5. The highest BCUT2D eigenvalue weighted by atomic mass is 19.1. The van der Waals surface area contributed by atoms with Gasteiger partial charge in [0.15, 0.2) is 0 Å². The molecule has 5 nitrogen and oxygen atoms in total. The second kappa shape index (κ2) is 6.78. The van der Waals surface area contributed by atoms with Crippen LogP contribution in [0, 0.1) is 5.82 Å². The standard InChI is InChI=1S/C15H17FN2O3/c1-3-18(9-11-6-7-21-10-11)15(19)17-13-5-4-12(16)8-14(13)20-2/h4-8,10H,3,9H2,1-2H3,(H,17,19). The van der Waals surface area contributed by atoms with E-state index in [1.165, 1.54) is 25.3 Å². The van der Waals surface area contributed by atoms with Gasteiger partial charge in [-0.05, 0) is 25.1 Å². The van der Waals surface area contributed by atoms with Crippen LogP contribution in [0.1, 0.15) is 12.5 Å². The molecule has 1 aromatic heterocycles. The van der Waals surface area contributed by atoms with Gasteiger partial charge in [-0.2, -0.15) is 0 Å². The number of urea groups is 1. The summed E-state index contributed by atoms with van der Waals surface area (Å²) in [5.41, 5.74) is 1.33. The second-order valence-electron chi connectivity index (χ2n) is 4.42. The lowest BCUT2D eigenvalue weighted by molar-refractivity contribution is 0.212. The lowest BCUT2D eigenvalue weighted by Gasteiger charge is -2.21. The van der Waals surface area contributed by atoms with Crippen LogP contribution in [0.25, 0.3) is 0 Å². The molecule has 1 N–H and O–H groups in total. The van der Waals surface area contributed by atoms with Gasteiger partial charge in [0.2, 0.25) is 0 Å². The minimum Gasteiger partial charge on any atom is -0.494 e. The molecule has 0 aliphatic carbocycles. The molecule has 2 rings (SSSR count). The Bertz CT molecular complexity index is 599. The molecule has 21 heavy (non-hydrogen) atoms. The maximum absolute atomic E-state index is 13.1. The van der Waals surface area contributed by atoms with Crippen molar-refractivity contribution in [3.63, 3.8) is 0 Å². The summed E-state index contributed by atoms with van der Waals surface area (Å²) < 4.78 is 23.2. The molecule has 0 bridgehead atoms. The SMILES string of the molecule is CCN(Cc1ccoc1)C(=O)Nc1ccc(F)cc1OC. The predicted octanol–water partition coefficient (Wildman–Crippen LogP) is 3.48. The number of nitrogens with one attached hydrogen (secondary N) is 1. The number of hydrogen-bond donors (Lipinski definition) is 1. The van der Waals surface area contributed by atoms with Crippen LogP contribution < -0.4 is 10.1 Å². The maximum Gasteiger partial charge on any atom is 0.322 e. The zero-order valence-electron chi connectivity index (χ0n) is 11.9. The van der Waals surface area contributed by atoms with Gasteiger partial charge in [-0.3, -0.25) is 0 Å². The van der Waals surface area contributed by atoms with E-state index in [0.717, 1.165) is 5.56 Å². The Kier molecular flexibility index (Phi) is 4.81. The molecule has 0 unspecified atom stereocenters. The van der Waals surface area contributed by atoms with Crippen LogP contribution >= 0.6 is 0 Å². The van der Waals surface area contributed by atoms with Gasteiger partial charge >= 0.3 is 6.03 Å². The Labute approximate surface area is 122 Å². The van der Waals surface area contributed by atoms with E-state index < -0.39 is 5.82 Å². The fraction of sp³-hybridized carbons (Fsp3) is 0.267. The Balaban J connectivity index is 2.08. The third-order valence-corrected chi connectivity index (χ3v) is 3.03. The summed E-state index contributed by atoms with van der Waals surface area (Å²) in [6.45, 7) is 2.84. The smallest absolute Gasteiger partial charge is 0.322 e. The van der Waals surface area contributed by atoms with Crippen molar-refractivity contribution >= 4 is 11.7 Å². The number of halogens is 1. The van der Waals surface area contributed by atoms with E-state index in [4.69, 9.17) is 9.15 Å². The highest BCUT2D eigenvalue weighted by Crippen LogP contribution is 2.25. The van der Waals surface area contributed by atoms with Gasteiger partial charge < -0.3 is 19.4 Å². The number of methoxy groups -OCH3 is 1. The third kappa shape index (κ3) is 3.75. The maximum atomic E-state index is 13.1. The second-order valence-corrected chi connectivity index (χ2v) is 4.42. The average molecular weight is 292 g/mol. The first-order valence-corrected chi connectivity index (χ1v) is 6.54. The molecule has 0 fully saturated rings. The highest BCUT2D eigenvalue weighted by molar-refractivity contribution is 5.90. The largest absolute Gasteiger partial charge is 0.494 e. The van der Waals surface area contributed by atoms with Crippen molar-refractivity contribution in [1.29, 1.82) is 0 Å². The monoisotopic (exact) mass is 292 g/mol. The van der Waals surface area contributed by atoms with Crippen molar-refractivity contribution in [3.05, 3.63) is 48.2 Å². The van der Waals surface area contributed by atoms with E-state index in [-0.39, 0.29) is 11.8 Å². The number of anilines is 1. The Morgan fingerprint density at radius 1 is 1.43 bits per heavy atom. The predicted molar refractivity (Wildman–Crippen MR) is 76.8 cm³/mol. The number of hydrogen-bond acceptors (Lipinski definition) is 3. The van der Waals surface area contributed by atoms with Gasteiger partial charge in [-0.25, -0.2) is 9.18 Å². The van der Waals surface area contributed by atoms with Crippen molar-refractivity contribution in [1.82, 2.24) is 4.90 Å². The van der Waals surface area contributed by atoms with Gasteiger partial charge in [0.25, 0.3) is 0 Å². The fourth-order valence-electron chi connectivity index (χ4n) is 1.89. The molecule has 0 aliphatic rings. The van der Waals surface area contributed by atoms with E-state index in [0.29, 0.717) is 18.8 Å². The van der Waals surface area contributed by atoms with Crippen LogP contribution in [0.2, 0.25) is 0 Å². The first-order chi connectivity index (χ1) is 10.1. The van der Waals surface area contributed by atoms with Crippen LogP contribution in [0.3, 0.4) is 0 Å². The quantitative estimate of drug-likeness (QED) is 0.918. The van der Waals surface area contributed by atoms with Crippen molar-refractivity contribution in [2.45, 2.75) is 13.5 Å². The number of ether oxygens (including phenoxy) is 1. The molecule has 0 saturated heterocycles. The van der Waals surface area contributed by atoms with Crippen molar-refractivity contribution in [2.24, 2.45) is 0 Å². The topological polar surface area (TPSA) is 54.7 Å². The summed E-state index contributed by atoms with van der Waals surface area (Å²) in [7, 11) is 1.42. The third-order valence-electron chi connectivity index (χ3n) is 3.03. The van der Waals surface area contributed by atoms with E-state index in [9.17, 15) is 9.18 Å². The average Bonchev–Trinajstić information content (AvgIpc) is 2.99. The zero-order valence-corrected chi connectivity index (χ0v) is 11.9. The molecule has 2 aromatic rings. The highest BCUT2D eigenvalue weighted by Gasteiger charge is 2.15. The van der Waals surface area contributed by atoms with Crippen LogP contribution in [-0.2, 0) is 6.54 Å². The zero-order chi connectivity index (χ0) is 15.2. The van der Waals surface area contributed by atoms with E-state index in [2.05, 4.69) is 5.32 Å². The Morgan fingerprint density at radius 3 is 2.86 bits per heavy atom. The molecule has 2 amide bonds. The first-order valence-electron chi connectivity index (χ1n) is 6.54. The number of furan rings is 1. The number of amides is 2. The number of carbonyl (C=O) groups is 1. The number of carbonyl (C=O) groups excluding carboxylic acids is 1. The lowest BCUT2D eigenvalue weighted by Crippen LogP contribution is -2.34. The summed E-state index contributed by atoms with van der Waals surface area (Å²) in [5, 5.41) is 2.72. The van der Waals surface area contributed by atoms with Gasteiger partial charge in [-0.15, -0.1) is 0 Å². The first kappa shape index (κ1) is 14.9. The normalized spacial score (nSPS) is 10.2. The fourth-order valence-corrected chi connectivity index (χ4v) is 1.89. The van der Waals surface area contributed by atoms with E-state index in [1.54, 1.807) is 23.5 Å². The number of benzene rings is 1. The summed E-state index contributed by atoms with van der Waals surface area (Å²) in [4.78, 5) is 13.9. The molecule has 1 aromatic carbocycles. The molecule has 6 heteroatoms. The van der Waals surface area contributed by atoms with Crippen molar-refractivity contribution in [3.8, 4) is 5.75 Å². The molecule has 0 saturated carbocycles. The molecule has 1 heterocycles. The molecular formula is C15H17FN2O3. The molecule has 0 aliphatic heterocycles. The summed E-state index contributed by atoms with van der Waals surface area (Å²) >= 11 is 0. The molecule has 0 radical (unpaired) electrons. The summed E-state index contributed by atoms with van der Waals surface area (Å²) in [5.74, 6) is -0.140. The van der Waals surface area contributed by atoms with Crippen LogP contribution in [0.5, 0.6) is 5.75 Å². The van der Waals surface area contributed by atoms with Crippen molar-refractivity contribution < 1.29 is 18.3 Å². The Hall–Kier alpha value is -2.50. The van der Waals surface area contributed by atoms with Gasteiger partial charge in [0.05, 0.1) is 31.9 Å². The van der Waals surface area contributed by atoms with Crippen molar-refractivity contribution in [2.75, 3.05) is 19.0 Å².